The van der Waals surface area contributed by atoms with Gasteiger partial charge in [0.15, 0.2) is 0 Å². The molecule has 0 bridgehead atoms. The standard InChI is InChI=1S/C48H73N3O3/c1-43(2,3)34-20-30(21-35(40(34)52)44(4,5)6)19-33-28-50(26-31-22-36(45(7,8)9)41(53)37(23-31)46(10,11)12)49-51(29-33)27-32-24-38(47(13,14)15)42(54)39(25-32)48(16,17)18/h20-25,28,49,52-54H,19,26-27,29H2,1-18H3. The van der Waals surface area contributed by atoms with Crippen molar-refractivity contribution in [1.29, 1.82) is 0 Å². The van der Waals surface area contributed by atoms with Crippen LogP contribution in [0.15, 0.2) is 48.2 Å². The minimum absolute atomic E-state index is 0.219. The Morgan fingerprint density at radius 1 is 0.444 bits per heavy atom. The van der Waals surface area contributed by atoms with E-state index in [0.29, 0.717) is 36.9 Å². The first-order valence-corrected chi connectivity index (χ1v) is 19.8. The van der Waals surface area contributed by atoms with Gasteiger partial charge in [0.25, 0.3) is 0 Å². The molecular weight excluding hydrogens is 667 g/mol. The first-order chi connectivity index (χ1) is 24.3. The fraction of sp³-hybridized carbons (Fsp3) is 0.583. The van der Waals surface area contributed by atoms with Crippen LogP contribution in [-0.2, 0) is 52.0 Å². The second kappa shape index (κ2) is 14.5. The predicted molar refractivity (Wildman–Crippen MR) is 227 cm³/mol. The molecule has 0 saturated carbocycles. The quantitative estimate of drug-likeness (QED) is 0.202. The molecule has 54 heavy (non-hydrogen) atoms. The molecule has 1 aliphatic rings. The zero-order valence-electron chi connectivity index (χ0n) is 37.1. The van der Waals surface area contributed by atoms with E-state index in [1.807, 2.05) is 0 Å². The van der Waals surface area contributed by atoms with E-state index in [9.17, 15) is 15.3 Å². The van der Waals surface area contributed by atoms with Gasteiger partial charge in [-0.1, -0.05) is 149 Å². The van der Waals surface area contributed by atoms with Crippen molar-refractivity contribution in [3.05, 3.63) is 98.2 Å². The van der Waals surface area contributed by atoms with E-state index in [2.05, 4.69) is 183 Å². The van der Waals surface area contributed by atoms with Crippen molar-refractivity contribution < 1.29 is 15.3 Å². The molecule has 0 fully saturated rings. The maximum absolute atomic E-state index is 11.5. The van der Waals surface area contributed by atoms with Crippen LogP contribution in [-0.4, -0.2) is 31.9 Å². The van der Waals surface area contributed by atoms with Crippen LogP contribution < -0.4 is 5.53 Å². The lowest BCUT2D eigenvalue weighted by Gasteiger charge is -2.38. The van der Waals surface area contributed by atoms with Crippen LogP contribution in [0.25, 0.3) is 0 Å². The molecule has 0 spiro atoms. The molecule has 3 aromatic rings. The summed E-state index contributed by atoms with van der Waals surface area (Å²) in [6.07, 6.45) is 2.97. The summed E-state index contributed by atoms with van der Waals surface area (Å²) in [6.45, 7) is 40.8. The van der Waals surface area contributed by atoms with Crippen LogP contribution in [0.4, 0.5) is 0 Å². The van der Waals surface area contributed by atoms with E-state index in [1.54, 1.807) is 0 Å². The Hall–Kier alpha value is -3.48. The number of nitrogens with one attached hydrogen (secondary N) is 1. The Kier molecular flexibility index (Phi) is 11.7. The molecule has 1 heterocycles. The maximum atomic E-state index is 11.5. The summed E-state index contributed by atoms with van der Waals surface area (Å²) >= 11 is 0. The number of phenolic OH excluding ortho intramolecular Hbond substituents is 3. The molecule has 6 nitrogen and oxygen atoms in total. The van der Waals surface area contributed by atoms with Crippen LogP contribution in [0.3, 0.4) is 0 Å². The van der Waals surface area contributed by atoms with Crippen molar-refractivity contribution in [2.75, 3.05) is 6.54 Å². The zero-order valence-corrected chi connectivity index (χ0v) is 37.1. The largest absolute Gasteiger partial charge is 0.507 e. The van der Waals surface area contributed by atoms with Crippen LogP contribution in [0.2, 0.25) is 0 Å². The van der Waals surface area contributed by atoms with Crippen molar-refractivity contribution in [2.24, 2.45) is 0 Å². The lowest BCUT2D eigenvalue weighted by atomic mass is 9.78. The van der Waals surface area contributed by atoms with Gasteiger partial charge in [0, 0.05) is 19.3 Å². The number of phenols is 3. The average Bonchev–Trinajstić information content (AvgIpc) is 2.96. The monoisotopic (exact) mass is 740 g/mol. The summed E-state index contributed by atoms with van der Waals surface area (Å²) in [6, 6.07) is 13.1. The highest BCUT2D eigenvalue weighted by atomic mass is 16.3. The van der Waals surface area contributed by atoms with Crippen molar-refractivity contribution in [2.45, 2.75) is 177 Å². The molecule has 0 amide bonds. The minimum Gasteiger partial charge on any atom is -0.507 e. The highest BCUT2D eigenvalue weighted by Crippen LogP contribution is 2.43. The molecule has 0 aromatic heterocycles. The average molecular weight is 740 g/mol. The van der Waals surface area contributed by atoms with Crippen molar-refractivity contribution in [3.63, 3.8) is 0 Å². The first-order valence-electron chi connectivity index (χ1n) is 19.8. The van der Waals surface area contributed by atoms with Crippen molar-refractivity contribution >= 4 is 0 Å². The minimum atomic E-state index is -0.231. The zero-order chi connectivity index (χ0) is 41.1. The van der Waals surface area contributed by atoms with Crippen LogP contribution in [0.1, 0.15) is 175 Å². The summed E-state index contributed by atoms with van der Waals surface area (Å²) < 4.78 is 0. The molecule has 0 saturated heterocycles. The summed E-state index contributed by atoms with van der Waals surface area (Å²) in [5.74, 6) is 1.17. The fourth-order valence-electron chi connectivity index (χ4n) is 7.50. The summed E-state index contributed by atoms with van der Waals surface area (Å²) in [7, 11) is 0. The summed E-state index contributed by atoms with van der Waals surface area (Å²) in [5.41, 5.74) is 12.8. The van der Waals surface area contributed by atoms with Gasteiger partial charge >= 0.3 is 0 Å². The molecular formula is C48H73N3O3. The second-order valence-electron chi connectivity index (χ2n) is 22.2. The molecule has 0 aliphatic carbocycles. The molecule has 298 valence electrons. The lowest BCUT2D eigenvalue weighted by molar-refractivity contribution is 0.0366. The fourth-order valence-corrected chi connectivity index (χ4v) is 7.50. The van der Waals surface area contributed by atoms with Crippen LogP contribution in [0, 0.1) is 0 Å². The summed E-state index contributed by atoms with van der Waals surface area (Å²) in [4.78, 5) is 0. The van der Waals surface area contributed by atoms with Gasteiger partial charge < -0.3 is 15.3 Å². The molecule has 0 unspecified atom stereocenters. The molecule has 4 rings (SSSR count). The molecule has 0 radical (unpaired) electrons. The van der Waals surface area contributed by atoms with Gasteiger partial charge in [-0.3, -0.25) is 5.01 Å². The van der Waals surface area contributed by atoms with Gasteiger partial charge in [-0.15, -0.1) is 0 Å². The smallest absolute Gasteiger partial charge is 0.123 e. The predicted octanol–water partition coefficient (Wildman–Crippen LogP) is 11.5. The highest BCUT2D eigenvalue weighted by Gasteiger charge is 2.31. The van der Waals surface area contributed by atoms with Gasteiger partial charge in [0.1, 0.15) is 17.2 Å². The highest BCUT2D eigenvalue weighted by molar-refractivity contribution is 5.52. The first kappa shape index (κ1) is 43.3. The SMILES string of the molecule is CC(C)(C)c1cc(CC2=CN(Cc3cc(C(C)(C)C)c(O)c(C(C)(C)C)c3)NN(Cc3cc(C(C)(C)C)c(O)c(C(C)(C)C)c3)C2)cc(C(C)(C)C)c1O. The number of benzene rings is 3. The Balaban J connectivity index is 1.85. The molecule has 4 N–H and O–H groups in total. The van der Waals surface area contributed by atoms with Crippen molar-refractivity contribution in [1.82, 2.24) is 15.6 Å². The Bertz CT molecular complexity index is 1770. The van der Waals surface area contributed by atoms with Crippen molar-refractivity contribution in [3.8, 4) is 17.2 Å². The van der Waals surface area contributed by atoms with E-state index in [1.165, 1.54) is 11.1 Å². The van der Waals surface area contributed by atoms with Gasteiger partial charge in [-0.2, -0.15) is 5.53 Å². The third-order valence-corrected chi connectivity index (χ3v) is 10.5. The third-order valence-electron chi connectivity index (χ3n) is 10.5. The summed E-state index contributed by atoms with van der Waals surface area (Å²) in [5, 5.41) is 38.9. The number of hydrogen-bond acceptors (Lipinski definition) is 6. The second-order valence-corrected chi connectivity index (χ2v) is 22.2. The van der Waals surface area contributed by atoms with E-state index >= 15 is 0 Å². The van der Waals surface area contributed by atoms with Gasteiger partial charge in [0.05, 0.1) is 6.54 Å². The molecule has 6 heteroatoms. The molecule has 1 aliphatic heterocycles. The molecule has 0 atom stereocenters. The van der Waals surface area contributed by atoms with Gasteiger partial charge in [-0.25, -0.2) is 5.01 Å². The van der Waals surface area contributed by atoms with Crippen LogP contribution >= 0.6 is 0 Å². The maximum Gasteiger partial charge on any atom is 0.123 e. The number of hydrazine groups is 2. The number of rotatable bonds is 6. The topological polar surface area (TPSA) is 79.2 Å². The Morgan fingerprint density at radius 3 is 1.02 bits per heavy atom. The normalized spacial score (nSPS) is 15.5. The Labute approximate surface area is 328 Å². The lowest BCUT2D eigenvalue weighted by Crippen LogP contribution is -2.51. The number of aromatic hydroxyl groups is 3. The molecule has 3 aromatic carbocycles. The Morgan fingerprint density at radius 2 is 0.722 bits per heavy atom. The third kappa shape index (κ3) is 10.0. The van der Waals surface area contributed by atoms with E-state index < -0.39 is 0 Å². The van der Waals surface area contributed by atoms with E-state index in [0.717, 1.165) is 50.9 Å². The van der Waals surface area contributed by atoms with Gasteiger partial charge in [0.2, 0.25) is 0 Å². The van der Waals surface area contributed by atoms with E-state index in [4.69, 9.17) is 0 Å². The van der Waals surface area contributed by atoms with E-state index in [-0.39, 0.29) is 32.5 Å². The van der Waals surface area contributed by atoms with Gasteiger partial charge in [-0.05, 0) is 107 Å². The van der Waals surface area contributed by atoms with Crippen LogP contribution in [0.5, 0.6) is 17.2 Å². The number of nitrogens with zero attached hydrogens (tertiary/aromatic N) is 2. The number of hydrogen-bond donors (Lipinski definition) is 4.